The monoisotopic (exact) mass is 232 g/mol. The number of rotatable bonds is 2. The Bertz CT molecular complexity index is 666. The van der Waals surface area contributed by atoms with Gasteiger partial charge in [0.15, 0.2) is 0 Å². The van der Waals surface area contributed by atoms with Gasteiger partial charge in [0.05, 0.1) is 0 Å². The predicted molar refractivity (Wildman–Crippen MR) is 78.8 cm³/mol. The van der Waals surface area contributed by atoms with E-state index in [9.17, 15) is 0 Å². The first-order chi connectivity index (χ1) is 8.88. The standard InChI is InChI=1S/C18H16/c1-2-14-12-17(15-8-4-3-5-9-15)13-16-10-6-7-11-18(14)16/h3-13H,2H2,1H3. The summed E-state index contributed by atoms with van der Waals surface area (Å²) in [7, 11) is 0. The topological polar surface area (TPSA) is 0 Å². The minimum atomic E-state index is 1.07. The van der Waals surface area contributed by atoms with E-state index < -0.39 is 0 Å². The van der Waals surface area contributed by atoms with Crippen molar-refractivity contribution >= 4 is 10.8 Å². The van der Waals surface area contributed by atoms with Crippen LogP contribution in [0.5, 0.6) is 0 Å². The zero-order valence-electron chi connectivity index (χ0n) is 10.6. The summed E-state index contributed by atoms with van der Waals surface area (Å²) in [4.78, 5) is 0. The molecule has 0 amide bonds. The van der Waals surface area contributed by atoms with Crippen LogP contribution in [0.1, 0.15) is 12.5 Å². The third kappa shape index (κ3) is 1.91. The fraction of sp³-hybridized carbons (Fsp3) is 0.111. The Labute approximate surface area is 108 Å². The largest absolute Gasteiger partial charge is 0.0622 e. The van der Waals surface area contributed by atoms with E-state index >= 15 is 0 Å². The molecule has 3 rings (SSSR count). The molecule has 0 spiro atoms. The first kappa shape index (κ1) is 11.0. The van der Waals surface area contributed by atoms with Crippen LogP contribution < -0.4 is 0 Å². The van der Waals surface area contributed by atoms with Gasteiger partial charge in [-0.2, -0.15) is 0 Å². The van der Waals surface area contributed by atoms with E-state index in [1.54, 1.807) is 0 Å². The highest BCUT2D eigenvalue weighted by Crippen LogP contribution is 2.27. The van der Waals surface area contributed by atoms with E-state index in [1.807, 2.05) is 0 Å². The SMILES string of the molecule is CCc1cc(-c2ccccc2)cc2ccccc12. The maximum atomic E-state index is 2.32. The van der Waals surface area contributed by atoms with E-state index in [1.165, 1.54) is 27.5 Å². The van der Waals surface area contributed by atoms with Gasteiger partial charge in [-0.15, -0.1) is 0 Å². The van der Waals surface area contributed by atoms with Crippen molar-refractivity contribution in [2.24, 2.45) is 0 Å². The minimum Gasteiger partial charge on any atom is -0.0622 e. The molecule has 0 radical (unpaired) electrons. The average Bonchev–Trinajstić information content (AvgIpc) is 2.47. The zero-order valence-corrected chi connectivity index (χ0v) is 10.6. The highest BCUT2D eigenvalue weighted by atomic mass is 14.1. The van der Waals surface area contributed by atoms with Gasteiger partial charge < -0.3 is 0 Å². The van der Waals surface area contributed by atoms with Crippen LogP contribution in [-0.2, 0) is 6.42 Å². The van der Waals surface area contributed by atoms with Crippen LogP contribution in [0.15, 0.2) is 66.7 Å². The zero-order chi connectivity index (χ0) is 12.4. The van der Waals surface area contributed by atoms with Gasteiger partial charge in [-0.3, -0.25) is 0 Å². The first-order valence-electron chi connectivity index (χ1n) is 6.45. The fourth-order valence-corrected chi connectivity index (χ4v) is 2.48. The summed E-state index contributed by atoms with van der Waals surface area (Å²) in [5.41, 5.74) is 4.02. The molecule has 0 N–H and O–H groups in total. The van der Waals surface area contributed by atoms with Crippen LogP contribution in [0.2, 0.25) is 0 Å². The van der Waals surface area contributed by atoms with Crippen LogP contribution in [0.25, 0.3) is 21.9 Å². The summed E-state index contributed by atoms with van der Waals surface area (Å²) >= 11 is 0. The molecule has 0 aromatic heterocycles. The molecule has 3 aromatic rings. The van der Waals surface area contributed by atoms with E-state index in [-0.39, 0.29) is 0 Å². The lowest BCUT2D eigenvalue weighted by Gasteiger charge is -2.09. The second-order valence-electron chi connectivity index (χ2n) is 4.58. The van der Waals surface area contributed by atoms with E-state index in [2.05, 4.69) is 73.7 Å². The van der Waals surface area contributed by atoms with Crippen LogP contribution in [0.4, 0.5) is 0 Å². The van der Waals surface area contributed by atoms with E-state index in [4.69, 9.17) is 0 Å². The lowest BCUT2D eigenvalue weighted by Crippen LogP contribution is -1.86. The molecule has 0 nitrogen and oxygen atoms in total. The molecule has 0 saturated heterocycles. The van der Waals surface area contributed by atoms with Crippen LogP contribution in [0.3, 0.4) is 0 Å². The van der Waals surface area contributed by atoms with Crippen molar-refractivity contribution in [3.05, 3.63) is 72.3 Å². The molecule has 0 heteroatoms. The van der Waals surface area contributed by atoms with Crippen molar-refractivity contribution in [2.75, 3.05) is 0 Å². The van der Waals surface area contributed by atoms with Crippen molar-refractivity contribution in [2.45, 2.75) is 13.3 Å². The van der Waals surface area contributed by atoms with Crippen LogP contribution >= 0.6 is 0 Å². The van der Waals surface area contributed by atoms with Gasteiger partial charge in [0, 0.05) is 0 Å². The fourth-order valence-electron chi connectivity index (χ4n) is 2.48. The summed E-state index contributed by atoms with van der Waals surface area (Å²) in [6.45, 7) is 2.22. The Morgan fingerprint density at radius 1 is 0.722 bits per heavy atom. The summed E-state index contributed by atoms with van der Waals surface area (Å²) in [6.07, 6.45) is 1.07. The van der Waals surface area contributed by atoms with Crippen molar-refractivity contribution in [1.82, 2.24) is 0 Å². The van der Waals surface area contributed by atoms with Gasteiger partial charge in [0.2, 0.25) is 0 Å². The summed E-state index contributed by atoms with van der Waals surface area (Å²) in [6, 6.07) is 23.8. The van der Waals surface area contributed by atoms with Crippen LogP contribution in [0, 0.1) is 0 Å². The van der Waals surface area contributed by atoms with Gasteiger partial charge in [0.1, 0.15) is 0 Å². The quantitative estimate of drug-likeness (QED) is 0.578. The Balaban J connectivity index is 2.26. The average molecular weight is 232 g/mol. The molecular weight excluding hydrogens is 216 g/mol. The Morgan fingerprint density at radius 2 is 1.44 bits per heavy atom. The number of aryl methyl sites for hydroxylation is 1. The molecule has 0 aliphatic rings. The highest BCUT2D eigenvalue weighted by molar-refractivity contribution is 5.90. The van der Waals surface area contributed by atoms with Crippen molar-refractivity contribution in [3.63, 3.8) is 0 Å². The van der Waals surface area contributed by atoms with Gasteiger partial charge >= 0.3 is 0 Å². The molecular formula is C18H16. The van der Waals surface area contributed by atoms with Crippen LogP contribution in [-0.4, -0.2) is 0 Å². The lowest BCUT2D eigenvalue weighted by atomic mass is 9.96. The highest BCUT2D eigenvalue weighted by Gasteiger charge is 2.03. The molecule has 3 aromatic carbocycles. The smallest absolute Gasteiger partial charge is 0.0152 e. The Hall–Kier alpha value is -2.08. The molecule has 0 fully saturated rings. The van der Waals surface area contributed by atoms with Gasteiger partial charge in [-0.1, -0.05) is 67.6 Å². The van der Waals surface area contributed by atoms with Crippen molar-refractivity contribution in [3.8, 4) is 11.1 Å². The third-order valence-electron chi connectivity index (χ3n) is 3.44. The van der Waals surface area contributed by atoms with Gasteiger partial charge in [-0.25, -0.2) is 0 Å². The molecule has 18 heavy (non-hydrogen) atoms. The number of fused-ring (bicyclic) bond motifs is 1. The molecule has 0 aliphatic carbocycles. The molecule has 88 valence electrons. The summed E-state index contributed by atoms with van der Waals surface area (Å²) < 4.78 is 0. The predicted octanol–water partition coefficient (Wildman–Crippen LogP) is 5.07. The number of hydrogen-bond donors (Lipinski definition) is 0. The normalized spacial score (nSPS) is 10.7. The van der Waals surface area contributed by atoms with Gasteiger partial charge in [0.25, 0.3) is 0 Å². The Kier molecular flexibility index (Phi) is 2.85. The third-order valence-corrected chi connectivity index (χ3v) is 3.44. The maximum absolute atomic E-state index is 2.32. The summed E-state index contributed by atoms with van der Waals surface area (Å²) in [5, 5.41) is 2.70. The molecule has 0 unspecified atom stereocenters. The second-order valence-corrected chi connectivity index (χ2v) is 4.58. The summed E-state index contributed by atoms with van der Waals surface area (Å²) in [5.74, 6) is 0. The number of hydrogen-bond acceptors (Lipinski definition) is 0. The van der Waals surface area contributed by atoms with E-state index in [0.717, 1.165) is 6.42 Å². The molecule has 0 bridgehead atoms. The number of benzene rings is 3. The maximum Gasteiger partial charge on any atom is -0.0152 e. The first-order valence-corrected chi connectivity index (χ1v) is 6.45. The Morgan fingerprint density at radius 3 is 2.22 bits per heavy atom. The molecule has 0 heterocycles. The molecule has 0 saturated carbocycles. The van der Waals surface area contributed by atoms with Crippen molar-refractivity contribution in [1.29, 1.82) is 0 Å². The van der Waals surface area contributed by atoms with Gasteiger partial charge in [-0.05, 0) is 39.9 Å². The van der Waals surface area contributed by atoms with Crippen molar-refractivity contribution < 1.29 is 0 Å². The second kappa shape index (κ2) is 4.66. The molecule has 0 aliphatic heterocycles. The minimum absolute atomic E-state index is 1.07. The molecule has 0 atom stereocenters. The lowest BCUT2D eigenvalue weighted by molar-refractivity contribution is 1.16. The van der Waals surface area contributed by atoms with E-state index in [0.29, 0.717) is 0 Å².